The van der Waals surface area contributed by atoms with Crippen LogP contribution in [0.15, 0.2) is 54.1 Å². The van der Waals surface area contributed by atoms with Crippen LogP contribution in [-0.4, -0.2) is 41.9 Å². The number of nitrogens with zero attached hydrogens (tertiary/aromatic N) is 1. The van der Waals surface area contributed by atoms with Crippen LogP contribution in [0.2, 0.25) is 0 Å². The van der Waals surface area contributed by atoms with Crippen molar-refractivity contribution in [2.24, 2.45) is 0 Å². The van der Waals surface area contributed by atoms with Crippen LogP contribution in [0.1, 0.15) is 11.1 Å². The molecule has 2 aromatic rings. The van der Waals surface area contributed by atoms with Gasteiger partial charge in [0.2, 0.25) is 0 Å². The summed E-state index contributed by atoms with van der Waals surface area (Å²) in [6.45, 7) is -0.594. The molecule has 30 heavy (non-hydrogen) atoms. The minimum Gasteiger partial charge on any atom is -0.546 e. The summed E-state index contributed by atoms with van der Waals surface area (Å²) in [6, 6.07) is 10.8. The van der Waals surface area contributed by atoms with Gasteiger partial charge in [-0.15, -0.1) is 0 Å². The van der Waals surface area contributed by atoms with Crippen molar-refractivity contribution in [1.82, 2.24) is 10.2 Å². The van der Waals surface area contributed by atoms with Gasteiger partial charge >= 0.3 is 6.03 Å². The molecule has 3 rings (SSSR count). The first-order valence-corrected chi connectivity index (χ1v) is 8.89. The van der Waals surface area contributed by atoms with E-state index in [0.29, 0.717) is 12.0 Å². The van der Waals surface area contributed by atoms with Crippen LogP contribution in [0, 0.1) is 5.82 Å². The minimum atomic E-state index is -1.36. The Morgan fingerprint density at radius 3 is 2.37 bits per heavy atom. The maximum absolute atomic E-state index is 13.0. The normalized spacial score (nSPS) is 15.3. The Bertz CT molecular complexity index is 1010. The highest BCUT2D eigenvalue weighted by Gasteiger charge is 2.35. The standard InChI is InChI=1S/C21H17FN2O6/c22-15-5-1-13(2-6-15)9-10-24-20(28)17(19(27)23-21(24)29)11-14-3-7-16(8-4-14)30-12-18(25)26/h1-8,11H,9-10,12H2,(H,25,26)(H,23,27,29)/p-1/b17-11-. The molecule has 4 amide bonds. The van der Waals surface area contributed by atoms with E-state index in [-0.39, 0.29) is 17.9 Å². The Morgan fingerprint density at radius 1 is 1.07 bits per heavy atom. The number of nitrogens with one attached hydrogen (secondary N) is 1. The van der Waals surface area contributed by atoms with E-state index < -0.39 is 36.2 Å². The summed E-state index contributed by atoms with van der Waals surface area (Å²) in [5.41, 5.74) is 0.978. The van der Waals surface area contributed by atoms with Crippen molar-refractivity contribution < 1.29 is 33.4 Å². The lowest BCUT2D eigenvalue weighted by Gasteiger charge is -2.26. The molecule has 0 spiro atoms. The highest BCUT2D eigenvalue weighted by Crippen LogP contribution is 2.18. The summed E-state index contributed by atoms with van der Waals surface area (Å²) in [6.07, 6.45) is 1.61. The number of ether oxygens (including phenoxy) is 1. The molecule has 0 radical (unpaired) electrons. The number of hydrogen-bond acceptors (Lipinski definition) is 6. The van der Waals surface area contributed by atoms with Crippen molar-refractivity contribution in [1.29, 1.82) is 0 Å². The molecule has 0 unspecified atom stereocenters. The third kappa shape index (κ3) is 5.07. The Balaban J connectivity index is 1.72. The molecule has 0 aliphatic carbocycles. The van der Waals surface area contributed by atoms with Crippen LogP contribution >= 0.6 is 0 Å². The number of urea groups is 1. The molecule has 0 saturated carbocycles. The molecule has 1 saturated heterocycles. The van der Waals surface area contributed by atoms with E-state index in [1.54, 1.807) is 12.1 Å². The van der Waals surface area contributed by atoms with Crippen molar-refractivity contribution in [2.45, 2.75) is 6.42 Å². The highest BCUT2D eigenvalue weighted by molar-refractivity contribution is 6.31. The molecule has 1 aliphatic heterocycles. The maximum Gasteiger partial charge on any atom is 0.331 e. The molecule has 0 aromatic heterocycles. The van der Waals surface area contributed by atoms with Crippen molar-refractivity contribution in [3.63, 3.8) is 0 Å². The average molecular weight is 411 g/mol. The van der Waals surface area contributed by atoms with Crippen LogP contribution in [0.25, 0.3) is 6.08 Å². The Labute approximate surface area is 170 Å². The smallest absolute Gasteiger partial charge is 0.331 e. The Morgan fingerprint density at radius 2 is 1.73 bits per heavy atom. The quantitative estimate of drug-likeness (QED) is 0.529. The maximum atomic E-state index is 13.0. The molecule has 1 heterocycles. The molecule has 1 N–H and O–H groups in total. The molecule has 9 heteroatoms. The van der Waals surface area contributed by atoms with Crippen molar-refractivity contribution in [3.8, 4) is 5.75 Å². The number of hydrogen-bond donors (Lipinski definition) is 1. The second-order valence-corrected chi connectivity index (χ2v) is 6.38. The van der Waals surface area contributed by atoms with Gasteiger partial charge < -0.3 is 14.6 Å². The molecule has 1 fully saturated rings. The third-order valence-corrected chi connectivity index (χ3v) is 4.27. The predicted octanol–water partition coefficient (Wildman–Crippen LogP) is 0.659. The molecule has 154 valence electrons. The van der Waals surface area contributed by atoms with Crippen molar-refractivity contribution in [3.05, 3.63) is 71.0 Å². The Hall–Kier alpha value is -4.01. The number of halogens is 1. The first-order valence-electron chi connectivity index (χ1n) is 8.89. The average Bonchev–Trinajstić information content (AvgIpc) is 2.71. The van der Waals surface area contributed by atoms with Crippen LogP contribution in [-0.2, 0) is 20.8 Å². The summed E-state index contributed by atoms with van der Waals surface area (Å²) >= 11 is 0. The van der Waals surface area contributed by atoms with E-state index in [0.717, 1.165) is 10.5 Å². The van der Waals surface area contributed by atoms with Gasteiger partial charge in [0.15, 0.2) is 0 Å². The molecular formula is C21H16FN2O6-. The van der Waals surface area contributed by atoms with Crippen LogP contribution in [0.5, 0.6) is 5.75 Å². The summed E-state index contributed by atoms with van der Waals surface area (Å²) in [5.74, 6) is -3.05. The number of aliphatic carboxylic acids is 1. The summed E-state index contributed by atoms with van der Waals surface area (Å²) in [4.78, 5) is 48.2. The summed E-state index contributed by atoms with van der Waals surface area (Å²) in [5, 5.41) is 12.5. The molecule has 2 aromatic carbocycles. The minimum absolute atomic E-state index is 0.0108. The van der Waals surface area contributed by atoms with Gasteiger partial charge in [0.25, 0.3) is 11.8 Å². The molecule has 0 bridgehead atoms. The van der Waals surface area contributed by atoms with E-state index in [4.69, 9.17) is 4.74 Å². The van der Waals surface area contributed by atoms with Gasteiger partial charge in [-0.3, -0.25) is 19.8 Å². The SMILES string of the molecule is O=C([O-])COc1ccc(/C=C2/C(=O)NC(=O)N(CCc3ccc(F)cc3)C2=O)cc1. The number of carboxylic acid groups (broad SMARTS) is 1. The van der Waals surface area contributed by atoms with Crippen molar-refractivity contribution in [2.75, 3.05) is 13.2 Å². The largest absolute Gasteiger partial charge is 0.546 e. The number of rotatable bonds is 7. The van der Waals surface area contributed by atoms with Gasteiger partial charge in [-0.25, -0.2) is 9.18 Å². The monoisotopic (exact) mass is 411 g/mol. The predicted molar refractivity (Wildman–Crippen MR) is 100 cm³/mol. The lowest BCUT2D eigenvalue weighted by molar-refractivity contribution is -0.307. The number of amides is 4. The molecule has 1 aliphatic rings. The lowest BCUT2D eigenvalue weighted by Crippen LogP contribution is -2.54. The Kier molecular flexibility index (Phi) is 6.21. The van der Waals surface area contributed by atoms with Gasteiger partial charge in [-0.05, 0) is 47.9 Å². The van der Waals surface area contributed by atoms with Crippen LogP contribution < -0.4 is 15.2 Å². The number of carbonyl (C=O) groups excluding carboxylic acids is 4. The number of imide groups is 2. The van der Waals surface area contributed by atoms with Gasteiger partial charge in [0.1, 0.15) is 23.7 Å². The molecule has 0 atom stereocenters. The fourth-order valence-corrected chi connectivity index (χ4v) is 2.76. The van der Waals surface area contributed by atoms with Crippen molar-refractivity contribution >= 4 is 29.9 Å². The zero-order valence-corrected chi connectivity index (χ0v) is 15.6. The third-order valence-electron chi connectivity index (χ3n) is 4.27. The van der Waals surface area contributed by atoms with E-state index >= 15 is 0 Å². The zero-order chi connectivity index (χ0) is 21.7. The number of barbiturate groups is 1. The number of carbonyl (C=O) groups is 4. The number of benzene rings is 2. The van der Waals surface area contributed by atoms with E-state index in [9.17, 15) is 28.7 Å². The summed E-state index contributed by atoms with van der Waals surface area (Å²) in [7, 11) is 0. The first-order chi connectivity index (χ1) is 14.3. The van der Waals surface area contributed by atoms with Gasteiger partial charge in [0.05, 0.1) is 5.97 Å². The fraction of sp³-hybridized carbons (Fsp3) is 0.143. The van der Waals surface area contributed by atoms with Gasteiger partial charge in [0, 0.05) is 6.54 Å². The second-order valence-electron chi connectivity index (χ2n) is 6.38. The van der Waals surface area contributed by atoms with Gasteiger partial charge in [-0.2, -0.15) is 0 Å². The lowest BCUT2D eigenvalue weighted by atomic mass is 10.1. The molecule has 8 nitrogen and oxygen atoms in total. The summed E-state index contributed by atoms with van der Waals surface area (Å²) < 4.78 is 18.0. The van der Waals surface area contributed by atoms with Crippen LogP contribution in [0.4, 0.5) is 9.18 Å². The zero-order valence-electron chi connectivity index (χ0n) is 15.6. The van der Waals surface area contributed by atoms with Crippen LogP contribution in [0.3, 0.4) is 0 Å². The highest BCUT2D eigenvalue weighted by atomic mass is 19.1. The van der Waals surface area contributed by atoms with E-state index in [2.05, 4.69) is 5.32 Å². The van der Waals surface area contributed by atoms with E-state index in [1.807, 2.05) is 0 Å². The molecular weight excluding hydrogens is 395 g/mol. The first kappa shape index (κ1) is 20.7. The fourth-order valence-electron chi connectivity index (χ4n) is 2.76. The topological polar surface area (TPSA) is 116 Å². The van der Waals surface area contributed by atoms with E-state index in [1.165, 1.54) is 42.5 Å². The second kappa shape index (κ2) is 8.99. The number of carboxylic acids is 1. The van der Waals surface area contributed by atoms with Gasteiger partial charge in [-0.1, -0.05) is 24.3 Å².